The first-order chi connectivity index (χ1) is 14.2. The summed E-state index contributed by atoms with van der Waals surface area (Å²) in [7, 11) is 0. The van der Waals surface area contributed by atoms with Gasteiger partial charge in [0.05, 0.1) is 0 Å². The predicted octanol–water partition coefficient (Wildman–Crippen LogP) is 4.90. The zero-order valence-corrected chi connectivity index (χ0v) is 18.2. The molecule has 2 bridgehead atoms. The third-order valence-electron chi connectivity index (χ3n) is 6.57. The number of carbonyl (C=O) groups excluding carboxylic acids is 1. The molecule has 1 aromatic rings. The molecule has 1 fully saturated rings. The normalized spacial score (nSPS) is 20.4. The van der Waals surface area contributed by atoms with E-state index in [0.29, 0.717) is 11.8 Å². The monoisotopic (exact) mass is 401 g/mol. The number of unbranched alkanes of at least 4 members (excludes halogenated alkanes) is 9. The maximum absolute atomic E-state index is 12.6. The van der Waals surface area contributed by atoms with Crippen LogP contribution in [0.2, 0.25) is 0 Å². The van der Waals surface area contributed by atoms with Crippen LogP contribution in [0.15, 0.2) is 23.0 Å². The lowest BCUT2D eigenvalue weighted by Gasteiger charge is -2.42. The Bertz CT molecular complexity index is 700. The third kappa shape index (κ3) is 6.35. The van der Waals surface area contributed by atoms with Gasteiger partial charge in [0.15, 0.2) is 0 Å². The number of hydrogen-bond donors (Lipinski definition) is 1. The van der Waals surface area contributed by atoms with Crippen LogP contribution in [0, 0.1) is 5.92 Å². The lowest BCUT2D eigenvalue weighted by Crippen LogP contribution is -2.52. The SMILES string of the molecule is CCCCCCCCCCCCNC(=O)N1C[C@@H]2C[C@H](C1)c1cccc(=O)n1C2. The zero-order chi connectivity index (χ0) is 20.5. The van der Waals surface area contributed by atoms with Gasteiger partial charge in [-0.1, -0.05) is 70.8 Å². The Balaban J connectivity index is 1.30. The molecule has 5 nitrogen and oxygen atoms in total. The number of nitrogens with one attached hydrogen (secondary N) is 1. The summed E-state index contributed by atoms with van der Waals surface area (Å²) in [4.78, 5) is 26.7. The van der Waals surface area contributed by atoms with Gasteiger partial charge >= 0.3 is 6.03 Å². The summed E-state index contributed by atoms with van der Waals surface area (Å²) >= 11 is 0. The molecule has 162 valence electrons. The maximum atomic E-state index is 12.6. The number of likely N-dealkylation sites (tertiary alicyclic amines) is 1. The minimum atomic E-state index is 0.0716. The number of hydrogen-bond acceptors (Lipinski definition) is 2. The van der Waals surface area contributed by atoms with Gasteiger partial charge in [-0.05, 0) is 24.8 Å². The van der Waals surface area contributed by atoms with Gasteiger partial charge in [-0.25, -0.2) is 4.79 Å². The van der Waals surface area contributed by atoms with Crippen molar-refractivity contribution in [2.75, 3.05) is 19.6 Å². The number of nitrogens with zero attached hydrogens (tertiary/aromatic N) is 2. The Labute approximate surface area is 175 Å². The molecule has 1 aromatic heterocycles. The van der Waals surface area contributed by atoms with Gasteiger partial charge in [-0.3, -0.25) is 4.79 Å². The predicted molar refractivity (Wildman–Crippen MR) is 118 cm³/mol. The highest BCUT2D eigenvalue weighted by atomic mass is 16.2. The second-order valence-electron chi connectivity index (χ2n) is 9.02. The third-order valence-corrected chi connectivity index (χ3v) is 6.57. The fourth-order valence-corrected chi connectivity index (χ4v) is 4.98. The van der Waals surface area contributed by atoms with E-state index >= 15 is 0 Å². The van der Waals surface area contributed by atoms with E-state index in [0.717, 1.165) is 44.7 Å². The molecule has 1 saturated heterocycles. The van der Waals surface area contributed by atoms with Crippen LogP contribution >= 0.6 is 0 Å². The number of carbonyl (C=O) groups is 1. The van der Waals surface area contributed by atoms with E-state index in [2.05, 4.69) is 12.2 Å². The van der Waals surface area contributed by atoms with Crippen LogP contribution in [0.3, 0.4) is 0 Å². The average Bonchev–Trinajstić information content (AvgIpc) is 2.72. The second kappa shape index (κ2) is 11.4. The molecule has 2 amide bonds. The van der Waals surface area contributed by atoms with Crippen molar-refractivity contribution >= 4 is 6.03 Å². The van der Waals surface area contributed by atoms with Crippen LogP contribution < -0.4 is 10.9 Å². The van der Waals surface area contributed by atoms with Gasteiger partial charge in [0.2, 0.25) is 0 Å². The molecule has 0 aliphatic carbocycles. The summed E-state index contributed by atoms with van der Waals surface area (Å²) in [5, 5.41) is 3.12. The van der Waals surface area contributed by atoms with Crippen molar-refractivity contribution in [2.24, 2.45) is 5.92 Å². The summed E-state index contributed by atoms with van der Waals surface area (Å²) in [6.07, 6.45) is 14.2. The van der Waals surface area contributed by atoms with Crippen molar-refractivity contribution in [2.45, 2.75) is 90.0 Å². The molecular formula is C24H39N3O2. The van der Waals surface area contributed by atoms with E-state index in [1.165, 1.54) is 57.8 Å². The molecular weight excluding hydrogens is 362 g/mol. The van der Waals surface area contributed by atoms with Crippen LogP contribution in [-0.2, 0) is 6.54 Å². The first-order valence-corrected chi connectivity index (χ1v) is 11.9. The van der Waals surface area contributed by atoms with Crippen LogP contribution in [0.25, 0.3) is 0 Å². The van der Waals surface area contributed by atoms with Crippen molar-refractivity contribution < 1.29 is 4.79 Å². The maximum Gasteiger partial charge on any atom is 0.317 e. The molecule has 3 rings (SSSR count). The summed E-state index contributed by atoms with van der Waals surface area (Å²) in [5.41, 5.74) is 1.19. The molecule has 0 unspecified atom stereocenters. The van der Waals surface area contributed by atoms with Crippen LogP contribution in [-0.4, -0.2) is 35.1 Å². The van der Waals surface area contributed by atoms with E-state index in [-0.39, 0.29) is 11.6 Å². The minimum absolute atomic E-state index is 0.0716. The Hall–Kier alpha value is -1.78. The smallest absolute Gasteiger partial charge is 0.317 e. The lowest BCUT2D eigenvalue weighted by atomic mass is 9.83. The first-order valence-electron chi connectivity index (χ1n) is 11.9. The van der Waals surface area contributed by atoms with Crippen molar-refractivity contribution in [3.05, 3.63) is 34.2 Å². The number of piperidine rings is 1. The van der Waals surface area contributed by atoms with Crippen LogP contribution in [0.4, 0.5) is 4.79 Å². The minimum Gasteiger partial charge on any atom is -0.338 e. The van der Waals surface area contributed by atoms with E-state index in [4.69, 9.17) is 0 Å². The van der Waals surface area contributed by atoms with Crippen molar-refractivity contribution in [1.29, 1.82) is 0 Å². The molecule has 2 aliphatic heterocycles. The van der Waals surface area contributed by atoms with Crippen molar-refractivity contribution in [3.63, 3.8) is 0 Å². The molecule has 29 heavy (non-hydrogen) atoms. The molecule has 0 spiro atoms. The first kappa shape index (κ1) is 21.9. The fourth-order valence-electron chi connectivity index (χ4n) is 4.98. The van der Waals surface area contributed by atoms with Gasteiger partial charge < -0.3 is 14.8 Å². The van der Waals surface area contributed by atoms with Crippen LogP contribution in [0.5, 0.6) is 0 Å². The van der Waals surface area contributed by atoms with Gasteiger partial charge in [-0.15, -0.1) is 0 Å². The molecule has 3 heterocycles. The summed E-state index contributed by atoms with van der Waals surface area (Å²) in [5.74, 6) is 0.684. The van der Waals surface area contributed by atoms with Gasteiger partial charge in [0.25, 0.3) is 5.56 Å². The molecule has 0 radical (unpaired) electrons. The Kier molecular flexibility index (Phi) is 8.63. The summed E-state index contributed by atoms with van der Waals surface area (Å²) in [6, 6.07) is 5.61. The van der Waals surface area contributed by atoms with Crippen LogP contribution in [0.1, 0.15) is 89.2 Å². The van der Waals surface area contributed by atoms with E-state index < -0.39 is 0 Å². The Morgan fingerprint density at radius 1 is 0.966 bits per heavy atom. The summed E-state index contributed by atoms with van der Waals surface area (Å²) in [6.45, 7) is 5.27. The lowest BCUT2D eigenvalue weighted by molar-refractivity contribution is 0.131. The molecule has 2 aliphatic rings. The molecule has 0 aromatic carbocycles. The topological polar surface area (TPSA) is 54.3 Å². The highest BCUT2D eigenvalue weighted by molar-refractivity contribution is 5.74. The largest absolute Gasteiger partial charge is 0.338 e. The van der Waals surface area contributed by atoms with Gasteiger partial charge in [-0.2, -0.15) is 0 Å². The van der Waals surface area contributed by atoms with E-state index in [9.17, 15) is 9.59 Å². The zero-order valence-electron chi connectivity index (χ0n) is 18.2. The Morgan fingerprint density at radius 3 is 2.38 bits per heavy atom. The van der Waals surface area contributed by atoms with Gasteiger partial charge in [0, 0.05) is 43.9 Å². The van der Waals surface area contributed by atoms with Crippen molar-refractivity contribution in [3.8, 4) is 0 Å². The number of amides is 2. The van der Waals surface area contributed by atoms with Crippen molar-refractivity contribution in [1.82, 2.24) is 14.8 Å². The average molecular weight is 402 g/mol. The van der Waals surface area contributed by atoms with Gasteiger partial charge in [0.1, 0.15) is 0 Å². The highest BCUT2D eigenvalue weighted by Crippen LogP contribution is 2.34. The Morgan fingerprint density at radius 2 is 1.66 bits per heavy atom. The quantitative estimate of drug-likeness (QED) is 0.536. The van der Waals surface area contributed by atoms with E-state index in [1.807, 2.05) is 21.6 Å². The highest BCUT2D eigenvalue weighted by Gasteiger charge is 2.36. The summed E-state index contributed by atoms with van der Waals surface area (Å²) < 4.78 is 1.91. The molecule has 5 heteroatoms. The van der Waals surface area contributed by atoms with E-state index in [1.54, 1.807) is 6.07 Å². The number of aromatic nitrogens is 1. The standard InChI is InChI=1S/C24H39N3O2/c1-2-3-4-5-6-7-8-9-10-11-15-25-24(29)26-17-20-16-21(19-26)22-13-12-14-23(28)27(22)18-20/h12-14,20-21H,2-11,15-19H2,1H3,(H,25,29)/t20-,21+/m0/s1. The fraction of sp³-hybridized carbons (Fsp3) is 0.750. The molecule has 1 N–H and O–H groups in total. The molecule has 0 saturated carbocycles. The number of rotatable bonds is 11. The number of fused-ring (bicyclic) bond motifs is 4. The number of pyridine rings is 1. The number of urea groups is 1. The second-order valence-corrected chi connectivity index (χ2v) is 9.02. The molecule has 2 atom stereocenters.